The van der Waals surface area contributed by atoms with Crippen molar-refractivity contribution in [2.45, 2.75) is 73.9 Å². The molecule has 43 heavy (non-hydrogen) atoms. The van der Waals surface area contributed by atoms with Crippen LogP contribution in [-0.4, -0.2) is 64.7 Å². The van der Waals surface area contributed by atoms with Crippen LogP contribution in [0.25, 0.3) is 0 Å². The van der Waals surface area contributed by atoms with Gasteiger partial charge >= 0.3 is 0 Å². The maximum Gasteiger partial charge on any atom is 0.255 e. The fourth-order valence-electron chi connectivity index (χ4n) is 6.23. The van der Waals surface area contributed by atoms with Gasteiger partial charge in [0.1, 0.15) is 0 Å². The largest absolute Gasteiger partial charge is 0.389 e. The lowest BCUT2D eigenvalue weighted by atomic mass is 9.71. The van der Waals surface area contributed by atoms with E-state index >= 15 is 0 Å². The number of sulfone groups is 1. The summed E-state index contributed by atoms with van der Waals surface area (Å²) in [5, 5.41) is 35.1. The molecule has 2 fully saturated rings. The summed E-state index contributed by atoms with van der Waals surface area (Å²) in [4.78, 5) is 25.2. The highest BCUT2D eigenvalue weighted by molar-refractivity contribution is 7.92. The number of hydrogen-bond donors (Lipinski definition) is 5. The van der Waals surface area contributed by atoms with Crippen LogP contribution < -0.4 is 10.6 Å². The van der Waals surface area contributed by atoms with Gasteiger partial charge in [-0.15, -0.1) is 0 Å². The minimum absolute atomic E-state index is 0.0248. The number of fused-ring (bicyclic) bond motifs is 2. The Balaban J connectivity index is 1.51. The lowest BCUT2D eigenvalue weighted by molar-refractivity contribution is -0.134. The molecule has 0 spiro atoms. The predicted octanol–water partition coefficient (Wildman–Crippen LogP) is 3.59. The van der Waals surface area contributed by atoms with Gasteiger partial charge in [-0.25, -0.2) is 21.6 Å². The normalized spacial score (nSPS) is 26.2. The molecule has 0 aromatic heterocycles. The first-order valence-electron chi connectivity index (χ1n) is 13.7. The molecule has 9 nitrogen and oxygen atoms in total. The number of benzene rings is 2. The van der Waals surface area contributed by atoms with Crippen LogP contribution in [0.4, 0.5) is 18.9 Å². The number of carbonyl (C=O) groups excluding carboxylic acids is 2. The third kappa shape index (κ3) is 6.70. The van der Waals surface area contributed by atoms with Gasteiger partial charge in [0, 0.05) is 29.9 Å². The molecule has 236 valence electrons. The molecule has 0 saturated heterocycles. The lowest BCUT2D eigenvalue weighted by Gasteiger charge is -2.43. The molecule has 0 radical (unpaired) electrons. The highest BCUT2D eigenvalue weighted by Crippen LogP contribution is 2.56. The van der Waals surface area contributed by atoms with E-state index in [0.717, 1.165) is 6.07 Å². The summed E-state index contributed by atoms with van der Waals surface area (Å²) in [6, 6.07) is 4.65. The lowest BCUT2D eigenvalue weighted by Crippen LogP contribution is -2.52. The summed E-state index contributed by atoms with van der Waals surface area (Å²) in [5.41, 5.74) is -3.49. The van der Waals surface area contributed by atoms with Crippen LogP contribution in [0.2, 0.25) is 5.02 Å². The van der Waals surface area contributed by atoms with Gasteiger partial charge < -0.3 is 26.0 Å². The molecule has 0 aliphatic heterocycles. The molecular weight excluding hydrogens is 613 g/mol. The topological polar surface area (TPSA) is 153 Å². The van der Waals surface area contributed by atoms with Gasteiger partial charge in [0.2, 0.25) is 5.91 Å². The third-order valence-electron chi connectivity index (χ3n) is 8.69. The molecule has 2 aromatic rings. The Labute approximate surface area is 252 Å². The standard InChI is InChI=1S/C29H34ClF3N2O7S/c1-14-6-16-8-18(11-19(14)29(16,40)12-25(37)34-13-24(36)28(2,3)39)43(41,42)23-7-15(4-5-20(23)30)27(38)35-17-9-21(31)26(33)22(32)10-17/h4-5,7,9-10,14,16,18-19,24,36,39-40H,6,8,11-13H2,1-3H3,(H,34,37)(H,35,38)/t14-,16?,18+,19+,24?,29+/m0/s1. The van der Waals surface area contributed by atoms with Gasteiger partial charge in [-0.2, -0.15) is 0 Å². The number of carbonyl (C=O) groups is 2. The predicted molar refractivity (Wildman–Crippen MR) is 152 cm³/mol. The number of nitrogens with one attached hydrogen (secondary N) is 2. The fourth-order valence-corrected chi connectivity index (χ4v) is 8.60. The molecule has 0 heterocycles. The summed E-state index contributed by atoms with van der Waals surface area (Å²) in [6.07, 6.45) is -1.01. The molecule has 2 bridgehead atoms. The van der Waals surface area contributed by atoms with E-state index in [4.69, 9.17) is 11.6 Å². The van der Waals surface area contributed by atoms with Crippen molar-refractivity contribution in [2.75, 3.05) is 11.9 Å². The molecule has 2 aliphatic carbocycles. The van der Waals surface area contributed by atoms with Crippen LogP contribution >= 0.6 is 11.6 Å². The van der Waals surface area contributed by atoms with Crippen molar-refractivity contribution in [3.8, 4) is 0 Å². The van der Waals surface area contributed by atoms with Gasteiger partial charge in [0.25, 0.3) is 5.91 Å². The monoisotopic (exact) mass is 646 g/mol. The molecule has 6 atom stereocenters. The number of aliphatic hydroxyl groups is 3. The Morgan fingerprint density at radius 1 is 1.12 bits per heavy atom. The second kappa shape index (κ2) is 12.0. The third-order valence-corrected chi connectivity index (χ3v) is 11.3. The number of anilines is 1. The van der Waals surface area contributed by atoms with Crippen LogP contribution in [0.1, 0.15) is 56.8 Å². The molecule has 2 saturated carbocycles. The summed E-state index contributed by atoms with van der Waals surface area (Å²) in [6.45, 7) is 4.43. The Hall–Kier alpha value is -2.71. The van der Waals surface area contributed by atoms with E-state index in [9.17, 15) is 46.5 Å². The highest BCUT2D eigenvalue weighted by atomic mass is 35.5. The van der Waals surface area contributed by atoms with E-state index in [1.807, 2.05) is 6.92 Å². The second-order valence-corrected chi connectivity index (χ2v) is 14.8. The SMILES string of the molecule is C[C@H]1CC2C[C@@H](S(=O)(=O)c3cc(C(=O)Nc4cc(F)c(F)c(F)c4)ccc3Cl)C[C@H]1[C@@]2(O)CC(=O)NCC(O)C(C)(C)O. The first-order valence-corrected chi connectivity index (χ1v) is 15.7. The molecule has 2 amide bonds. The smallest absolute Gasteiger partial charge is 0.255 e. The van der Waals surface area contributed by atoms with Crippen molar-refractivity contribution in [1.29, 1.82) is 0 Å². The first-order chi connectivity index (χ1) is 19.8. The van der Waals surface area contributed by atoms with Crippen molar-refractivity contribution in [2.24, 2.45) is 17.8 Å². The molecule has 2 unspecified atom stereocenters. The van der Waals surface area contributed by atoms with E-state index in [-0.39, 0.29) is 52.9 Å². The molecule has 5 N–H and O–H groups in total. The number of amides is 2. The fraction of sp³-hybridized carbons (Fsp3) is 0.517. The van der Waals surface area contributed by atoms with E-state index in [2.05, 4.69) is 10.6 Å². The zero-order valence-electron chi connectivity index (χ0n) is 23.7. The summed E-state index contributed by atoms with van der Waals surface area (Å²) in [5.74, 6) is -7.38. The number of rotatable bonds is 9. The Morgan fingerprint density at radius 3 is 2.33 bits per heavy atom. The van der Waals surface area contributed by atoms with E-state index < -0.39 is 73.5 Å². The maximum absolute atomic E-state index is 13.8. The number of halogens is 4. The average molecular weight is 647 g/mol. The molecule has 2 aliphatic rings. The molecule has 2 aromatic carbocycles. The van der Waals surface area contributed by atoms with Crippen molar-refractivity contribution >= 4 is 38.9 Å². The summed E-state index contributed by atoms with van der Waals surface area (Å²) in [7, 11) is -4.16. The van der Waals surface area contributed by atoms with Crippen molar-refractivity contribution < 1.29 is 46.5 Å². The first kappa shape index (κ1) is 33.2. The molecule has 14 heteroatoms. The summed E-state index contributed by atoms with van der Waals surface area (Å²) >= 11 is 6.27. The van der Waals surface area contributed by atoms with Gasteiger partial charge in [-0.3, -0.25) is 9.59 Å². The van der Waals surface area contributed by atoms with E-state index in [0.29, 0.717) is 18.6 Å². The number of aliphatic hydroxyl groups excluding tert-OH is 1. The highest BCUT2D eigenvalue weighted by Gasteiger charge is 2.59. The van der Waals surface area contributed by atoms with Crippen LogP contribution in [0.15, 0.2) is 35.2 Å². The quantitative estimate of drug-likeness (QED) is 0.261. The van der Waals surface area contributed by atoms with Gasteiger partial charge in [0.05, 0.1) is 38.9 Å². The van der Waals surface area contributed by atoms with Gasteiger partial charge in [-0.1, -0.05) is 18.5 Å². The summed E-state index contributed by atoms with van der Waals surface area (Å²) < 4.78 is 68.1. The van der Waals surface area contributed by atoms with Gasteiger partial charge in [0.15, 0.2) is 27.3 Å². The Kier molecular flexibility index (Phi) is 9.26. The van der Waals surface area contributed by atoms with Crippen LogP contribution in [-0.2, 0) is 14.6 Å². The zero-order valence-corrected chi connectivity index (χ0v) is 25.3. The average Bonchev–Trinajstić information content (AvgIpc) is 3.02. The minimum Gasteiger partial charge on any atom is -0.389 e. The molecular formula is C29H34ClF3N2O7S. The van der Waals surface area contributed by atoms with Crippen LogP contribution in [0.5, 0.6) is 0 Å². The maximum atomic E-state index is 13.8. The minimum atomic E-state index is -4.16. The van der Waals surface area contributed by atoms with E-state index in [1.165, 1.54) is 26.0 Å². The van der Waals surface area contributed by atoms with Crippen LogP contribution in [0.3, 0.4) is 0 Å². The Bertz CT molecular complexity index is 1510. The molecule has 4 rings (SSSR count). The van der Waals surface area contributed by atoms with E-state index in [1.54, 1.807) is 0 Å². The van der Waals surface area contributed by atoms with Crippen LogP contribution in [0, 0.1) is 35.2 Å². The van der Waals surface area contributed by atoms with Crippen molar-refractivity contribution in [3.63, 3.8) is 0 Å². The number of hydrogen-bond acceptors (Lipinski definition) is 7. The van der Waals surface area contributed by atoms with Crippen molar-refractivity contribution in [3.05, 3.63) is 58.4 Å². The second-order valence-electron chi connectivity index (χ2n) is 12.1. The van der Waals surface area contributed by atoms with Gasteiger partial charge in [-0.05, 0) is 69.1 Å². The Morgan fingerprint density at radius 2 is 1.74 bits per heavy atom. The zero-order chi connectivity index (χ0) is 32.1. The van der Waals surface area contributed by atoms with Crippen molar-refractivity contribution in [1.82, 2.24) is 5.32 Å².